The minimum Gasteiger partial charge on any atom is -0.497 e. The first-order chi connectivity index (χ1) is 9.51. The van der Waals surface area contributed by atoms with E-state index in [0.29, 0.717) is 17.1 Å². The molecule has 1 aromatic heterocycles. The van der Waals surface area contributed by atoms with Gasteiger partial charge in [-0.1, -0.05) is 6.07 Å². The van der Waals surface area contributed by atoms with Gasteiger partial charge in [-0.15, -0.1) is 0 Å². The lowest BCUT2D eigenvalue weighted by Crippen LogP contribution is -2.17. The number of nitrogens with zero attached hydrogens (tertiary/aromatic N) is 1. The van der Waals surface area contributed by atoms with Crippen LogP contribution < -0.4 is 10.1 Å². The minimum atomic E-state index is -0.141. The molecule has 0 radical (unpaired) electrons. The summed E-state index contributed by atoms with van der Waals surface area (Å²) in [6.45, 7) is 4.07. The Morgan fingerprint density at radius 2 is 2.10 bits per heavy atom. The molecule has 0 spiro atoms. The molecular weight excluding hydrogens is 320 g/mol. The normalized spacial score (nSPS) is 10.7. The van der Waals surface area contributed by atoms with Crippen molar-refractivity contribution >= 4 is 27.5 Å². The van der Waals surface area contributed by atoms with Gasteiger partial charge in [0, 0.05) is 28.5 Å². The summed E-state index contributed by atoms with van der Waals surface area (Å²) in [5, 5.41) is 2.88. The fourth-order valence-electron chi connectivity index (χ4n) is 1.95. The summed E-state index contributed by atoms with van der Waals surface area (Å²) in [7, 11) is 1.60. The number of aromatic nitrogens is 1. The number of anilines is 1. The van der Waals surface area contributed by atoms with Gasteiger partial charge in [0.25, 0.3) is 5.91 Å². The van der Waals surface area contributed by atoms with Crippen molar-refractivity contribution in [3.8, 4) is 5.75 Å². The topological polar surface area (TPSA) is 43.3 Å². The van der Waals surface area contributed by atoms with E-state index in [1.807, 2.05) is 48.9 Å². The van der Waals surface area contributed by atoms with E-state index in [9.17, 15) is 4.79 Å². The third kappa shape index (κ3) is 3.22. The molecule has 1 amide bonds. The highest BCUT2D eigenvalue weighted by Crippen LogP contribution is 2.22. The molecular formula is C15H17BrN2O2. The van der Waals surface area contributed by atoms with Crippen LogP contribution >= 0.6 is 15.9 Å². The van der Waals surface area contributed by atoms with E-state index in [1.165, 1.54) is 0 Å². The van der Waals surface area contributed by atoms with Crippen molar-refractivity contribution in [1.82, 2.24) is 4.57 Å². The predicted molar refractivity (Wildman–Crippen MR) is 83.5 cm³/mol. The quantitative estimate of drug-likeness (QED) is 0.913. The highest BCUT2D eigenvalue weighted by Gasteiger charge is 2.15. The summed E-state index contributed by atoms with van der Waals surface area (Å²) in [6, 6.07) is 9.32. The van der Waals surface area contributed by atoms with Gasteiger partial charge in [0.1, 0.15) is 11.4 Å². The van der Waals surface area contributed by atoms with Crippen molar-refractivity contribution in [2.24, 2.45) is 0 Å². The van der Waals surface area contributed by atoms with E-state index in [-0.39, 0.29) is 11.9 Å². The van der Waals surface area contributed by atoms with Crippen LogP contribution in [0, 0.1) is 0 Å². The fourth-order valence-corrected chi connectivity index (χ4v) is 2.39. The maximum Gasteiger partial charge on any atom is 0.272 e. The van der Waals surface area contributed by atoms with Crippen LogP contribution in [0.4, 0.5) is 5.69 Å². The van der Waals surface area contributed by atoms with Gasteiger partial charge >= 0.3 is 0 Å². The van der Waals surface area contributed by atoms with Crippen molar-refractivity contribution in [2.75, 3.05) is 12.4 Å². The lowest BCUT2D eigenvalue weighted by Gasteiger charge is -2.13. The van der Waals surface area contributed by atoms with Gasteiger partial charge in [-0.25, -0.2) is 0 Å². The maximum absolute atomic E-state index is 12.4. The van der Waals surface area contributed by atoms with Crippen LogP contribution in [-0.4, -0.2) is 17.6 Å². The summed E-state index contributed by atoms with van der Waals surface area (Å²) in [5.74, 6) is 0.570. The van der Waals surface area contributed by atoms with E-state index < -0.39 is 0 Å². The molecule has 1 aromatic carbocycles. The summed E-state index contributed by atoms with van der Waals surface area (Å²) < 4.78 is 7.97. The zero-order chi connectivity index (χ0) is 14.7. The first-order valence-corrected chi connectivity index (χ1v) is 7.13. The molecule has 0 atom stereocenters. The third-order valence-corrected chi connectivity index (χ3v) is 3.37. The number of carbonyl (C=O) groups is 1. The minimum absolute atomic E-state index is 0.141. The molecule has 0 saturated carbocycles. The van der Waals surface area contributed by atoms with Crippen LogP contribution in [0.2, 0.25) is 0 Å². The van der Waals surface area contributed by atoms with Crippen molar-refractivity contribution in [1.29, 1.82) is 0 Å². The average Bonchev–Trinajstić information content (AvgIpc) is 2.81. The lowest BCUT2D eigenvalue weighted by molar-refractivity contribution is 0.101. The summed E-state index contributed by atoms with van der Waals surface area (Å²) in [5.41, 5.74) is 1.33. The van der Waals surface area contributed by atoms with E-state index in [0.717, 1.165) is 4.47 Å². The number of rotatable bonds is 4. The SMILES string of the molecule is COc1cccc(NC(=O)c2cc(Br)cn2C(C)C)c1. The van der Waals surface area contributed by atoms with Gasteiger partial charge in [-0.05, 0) is 48.0 Å². The van der Waals surface area contributed by atoms with Gasteiger partial charge in [0.2, 0.25) is 0 Å². The Bertz CT molecular complexity index is 620. The van der Waals surface area contributed by atoms with Gasteiger partial charge in [-0.2, -0.15) is 0 Å². The first kappa shape index (κ1) is 14.7. The molecule has 0 aliphatic rings. The highest BCUT2D eigenvalue weighted by molar-refractivity contribution is 9.10. The molecule has 2 aromatic rings. The molecule has 0 bridgehead atoms. The van der Waals surface area contributed by atoms with Crippen molar-refractivity contribution < 1.29 is 9.53 Å². The number of halogens is 1. The van der Waals surface area contributed by atoms with Crippen LogP contribution in [0.5, 0.6) is 5.75 Å². The Kier molecular flexibility index (Phi) is 4.49. The van der Waals surface area contributed by atoms with E-state index >= 15 is 0 Å². The smallest absolute Gasteiger partial charge is 0.272 e. The molecule has 20 heavy (non-hydrogen) atoms. The second-order valence-corrected chi connectivity index (χ2v) is 5.65. The van der Waals surface area contributed by atoms with Crippen molar-refractivity contribution in [3.05, 3.63) is 46.7 Å². The fraction of sp³-hybridized carbons (Fsp3) is 0.267. The standard InChI is InChI=1S/C15H17BrN2O2/c1-10(2)18-9-11(16)7-14(18)15(19)17-12-5-4-6-13(8-12)20-3/h4-10H,1-3H3,(H,17,19). The molecule has 4 nitrogen and oxygen atoms in total. The molecule has 2 rings (SSSR count). The Morgan fingerprint density at radius 3 is 2.75 bits per heavy atom. The number of hydrogen-bond donors (Lipinski definition) is 1. The summed E-state index contributed by atoms with van der Waals surface area (Å²) in [6.07, 6.45) is 1.91. The molecule has 106 valence electrons. The molecule has 1 N–H and O–H groups in total. The Labute approximate surface area is 126 Å². The van der Waals surface area contributed by atoms with Crippen molar-refractivity contribution in [2.45, 2.75) is 19.9 Å². The number of amides is 1. The zero-order valence-corrected chi connectivity index (χ0v) is 13.3. The van der Waals surface area contributed by atoms with E-state index in [1.54, 1.807) is 13.2 Å². The second kappa shape index (κ2) is 6.13. The Balaban J connectivity index is 2.23. The molecule has 0 fully saturated rings. The van der Waals surface area contributed by atoms with Gasteiger partial charge in [0.05, 0.1) is 7.11 Å². The maximum atomic E-state index is 12.4. The molecule has 1 heterocycles. The van der Waals surface area contributed by atoms with Gasteiger partial charge in [0.15, 0.2) is 0 Å². The van der Waals surface area contributed by atoms with Gasteiger partial charge in [-0.3, -0.25) is 4.79 Å². The van der Waals surface area contributed by atoms with Crippen molar-refractivity contribution in [3.63, 3.8) is 0 Å². The second-order valence-electron chi connectivity index (χ2n) is 4.73. The Hall–Kier alpha value is -1.75. The van der Waals surface area contributed by atoms with Crippen LogP contribution in [0.25, 0.3) is 0 Å². The average molecular weight is 337 g/mol. The first-order valence-electron chi connectivity index (χ1n) is 6.34. The molecule has 5 heteroatoms. The lowest BCUT2D eigenvalue weighted by atomic mass is 10.3. The monoisotopic (exact) mass is 336 g/mol. The molecule has 0 unspecified atom stereocenters. The number of hydrogen-bond acceptors (Lipinski definition) is 2. The van der Waals surface area contributed by atoms with E-state index in [2.05, 4.69) is 21.2 Å². The van der Waals surface area contributed by atoms with Crippen LogP contribution in [0.3, 0.4) is 0 Å². The van der Waals surface area contributed by atoms with Crippen LogP contribution in [0.1, 0.15) is 30.4 Å². The summed E-state index contributed by atoms with van der Waals surface area (Å²) >= 11 is 3.41. The highest BCUT2D eigenvalue weighted by atomic mass is 79.9. The largest absolute Gasteiger partial charge is 0.497 e. The Morgan fingerprint density at radius 1 is 1.35 bits per heavy atom. The molecule has 0 aliphatic carbocycles. The van der Waals surface area contributed by atoms with Gasteiger partial charge < -0.3 is 14.6 Å². The molecule has 0 aliphatic heterocycles. The number of carbonyl (C=O) groups excluding carboxylic acids is 1. The third-order valence-electron chi connectivity index (χ3n) is 2.93. The summed E-state index contributed by atoms with van der Waals surface area (Å²) in [4.78, 5) is 12.4. The number of nitrogens with one attached hydrogen (secondary N) is 1. The number of ether oxygens (including phenoxy) is 1. The number of benzene rings is 1. The number of methoxy groups -OCH3 is 1. The molecule has 0 saturated heterocycles. The van der Waals surface area contributed by atoms with E-state index in [4.69, 9.17) is 4.74 Å². The zero-order valence-electron chi connectivity index (χ0n) is 11.7. The van der Waals surface area contributed by atoms with Crippen LogP contribution in [0.15, 0.2) is 41.0 Å². The predicted octanol–water partition coefficient (Wildman–Crippen LogP) is 4.09. The van der Waals surface area contributed by atoms with Crippen LogP contribution in [-0.2, 0) is 0 Å².